The maximum atomic E-state index is 9.32. The van der Waals surface area contributed by atoms with Crippen LogP contribution in [0, 0.1) is 18.3 Å². The number of thiazole rings is 1. The highest BCUT2D eigenvalue weighted by Crippen LogP contribution is 2.30. The lowest BCUT2D eigenvalue weighted by molar-refractivity contribution is 0.311. The second-order valence-electron chi connectivity index (χ2n) is 4.31. The molecule has 0 bridgehead atoms. The number of allylic oxidation sites excluding steroid dienone is 1. The first-order chi connectivity index (χ1) is 10.2. The van der Waals surface area contributed by atoms with Crippen LogP contribution in [0.4, 0.5) is 0 Å². The van der Waals surface area contributed by atoms with Crippen molar-refractivity contribution in [2.24, 2.45) is 0 Å². The number of benzene rings is 1. The van der Waals surface area contributed by atoms with Gasteiger partial charge in [-0.1, -0.05) is 6.07 Å². The highest BCUT2D eigenvalue weighted by atomic mass is 32.1. The van der Waals surface area contributed by atoms with Crippen molar-refractivity contribution in [2.75, 3.05) is 13.7 Å². The molecule has 1 aromatic heterocycles. The van der Waals surface area contributed by atoms with E-state index in [-0.39, 0.29) is 0 Å². The topological polar surface area (TPSA) is 55.1 Å². The molecule has 0 amide bonds. The van der Waals surface area contributed by atoms with Crippen molar-refractivity contribution < 1.29 is 9.47 Å². The van der Waals surface area contributed by atoms with E-state index < -0.39 is 0 Å². The molecule has 4 nitrogen and oxygen atoms in total. The van der Waals surface area contributed by atoms with Gasteiger partial charge in [0, 0.05) is 11.1 Å². The third-order valence-corrected chi connectivity index (χ3v) is 3.76. The molecule has 2 rings (SSSR count). The predicted molar refractivity (Wildman–Crippen MR) is 84.5 cm³/mol. The number of nitrogens with zero attached hydrogens (tertiary/aromatic N) is 2. The fraction of sp³-hybridized carbons (Fsp3) is 0.250. The van der Waals surface area contributed by atoms with Gasteiger partial charge in [-0.15, -0.1) is 11.3 Å². The number of nitriles is 1. The summed E-state index contributed by atoms with van der Waals surface area (Å²) < 4.78 is 10.8. The van der Waals surface area contributed by atoms with Gasteiger partial charge in [0.15, 0.2) is 11.5 Å². The lowest BCUT2D eigenvalue weighted by Crippen LogP contribution is -1.95. The zero-order chi connectivity index (χ0) is 15.2. The van der Waals surface area contributed by atoms with Gasteiger partial charge in [-0.2, -0.15) is 5.26 Å². The molecule has 0 fully saturated rings. The predicted octanol–water partition coefficient (Wildman–Crippen LogP) is 3.92. The molecule has 1 aromatic carbocycles. The fourth-order valence-electron chi connectivity index (χ4n) is 1.84. The molecule has 0 spiro atoms. The molecule has 1 heterocycles. The minimum Gasteiger partial charge on any atom is -0.493 e. The molecule has 21 heavy (non-hydrogen) atoms. The SMILES string of the molecule is CCOc1cc(/C=C(/C#N)c2nc(C)cs2)ccc1OC. The molecular formula is C16H16N2O2S. The van der Waals surface area contributed by atoms with Crippen LogP contribution < -0.4 is 9.47 Å². The van der Waals surface area contributed by atoms with Crippen LogP contribution in [0.15, 0.2) is 23.6 Å². The summed E-state index contributed by atoms with van der Waals surface area (Å²) >= 11 is 1.47. The Labute approximate surface area is 128 Å². The molecule has 108 valence electrons. The Balaban J connectivity index is 2.39. The van der Waals surface area contributed by atoms with Gasteiger partial charge in [0.1, 0.15) is 11.1 Å². The van der Waals surface area contributed by atoms with E-state index in [4.69, 9.17) is 9.47 Å². The Kier molecular flexibility index (Phi) is 4.96. The summed E-state index contributed by atoms with van der Waals surface area (Å²) in [5, 5.41) is 12.0. The van der Waals surface area contributed by atoms with Crippen molar-refractivity contribution in [3.05, 3.63) is 39.8 Å². The molecule has 0 unspecified atom stereocenters. The fourth-order valence-corrected chi connectivity index (χ4v) is 2.60. The minimum atomic E-state index is 0.542. The lowest BCUT2D eigenvalue weighted by Gasteiger charge is -2.09. The number of aromatic nitrogens is 1. The van der Waals surface area contributed by atoms with Crippen LogP contribution >= 0.6 is 11.3 Å². The van der Waals surface area contributed by atoms with Crippen LogP contribution in [-0.2, 0) is 0 Å². The second-order valence-corrected chi connectivity index (χ2v) is 5.17. The van der Waals surface area contributed by atoms with Crippen LogP contribution in [0.2, 0.25) is 0 Å². The van der Waals surface area contributed by atoms with Gasteiger partial charge in [0.2, 0.25) is 0 Å². The summed E-state index contributed by atoms with van der Waals surface area (Å²) in [6.45, 7) is 4.39. The number of hydrogen-bond donors (Lipinski definition) is 0. The van der Waals surface area contributed by atoms with Crippen LogP contribution in [0.1, 0.15) is 23.2 Å². The quantitative estimate of drug-likeness (QED) is 0.785. The van der Waals surface area contributed by atoms with Crippen LogP contribution in [0.3, 0.4) is 0 Å². The molecule has 0 radical (unpaired) electrons. The highest BCUT2D eigenvalue weighted by Gasteiger charge is 2.08. The van der Waals surface area contributed by atoms with Gasteiger partial charge >= 0.3 is 0 Å². The van der Waals surface area contributed by atoms with Crippen molar-refractivity contribution >= 4 is 23.0 Å². The van der Waals surface area contributed by atoms with E-state index in [1.807, 2.05) is 37.4 Å². The molecule has 5 heteroatoms. The molecular weight excluding hydrogens is 284 g/mol. The van der Waals surface area contributed by atoms with Crippen molar-refractivity contribution in [1.82, 2.24) is 4.98 Å². The lowest BCUT2D eigenvalue weighted by atomic mass is 10.1. The molecule has 0 aliphatic heterocycles. The monoisotopic (exact) mass is 300 g/mol. The van der Waals surface area contributed by atoms with Gasteiger partial charge in [0.05, 0.1) is 19.3 Å². The maximum absolute atomic E-state index is 9.32. The second kappa shape index (κ2) is 6.91. The Morgan fingerprint density at radius 1 is 1.43 bits per heavy atom. The molecule has 0 aliphatic carbocycles. The van der Waals surface area contributed by atoms with Gasteiger partial charge < -0.3 is 9.47 Å². The van der Waals surface area contributed by atoms with Crippen molar-refractivity contribution in [3.8, 4) is 17.6 Å². The molecule has 0 atom stereocenters. The first-order valence-electron chi connectivity index (χ1n) is 6.53. The van der Waals surface area contributed by atoms with E-state index in [1.165, 1.54) is 11.3 Å². The van der Waals surface area contributed by atoms with Crippen LogP contribution in [-0.4, -0.2) is 18.7 Å². The standard InChI is InChI=1S/C16H16N2O2S/c1-4-20-15-8-12(5-6-14(15)19-3)7-13(9-17)16-18-11(2)10-21-16/h5-8,10H,4H2,1-3H3/b13-7-. The summed E-state index contributed by atoms with van der Waals surface area (Å²) in [7, 11) is 1.60. The third-order valence-electron chi connectivity index (χ3n) is 2.77. The highest BCUT2D eigenvalue weighted by molar-refractivity contribution is 7.11. The largest absolute Gasteiger partial charge is 0.493 e. The van der Waals surface area contributed by atoms with Crippen molar-refractivity contribution in [1.29, 1.82) is 5.26 Å². The van der Waals surface area contributed by atoms with Gasteiger partial charge in [-0.3, -0.25) is 0 Å². The summed E-state index contributed by atoms with van der Waals surface area (Å²) in [4.78, 5) is 4.34. The van der Waals surface area contributed by atoms with Gasteiger partial charge in [-0.25, -0.2) is 4.98 Å². The first kappa shape index (κ1) is 15.1. The zero-order valence-electron chi connectivity index (χ0n) is 12.2. The van der Waals surface area contributed by atoms with Crippen LogP contribution in [0.5, 0.6) is 11.5 Å². The van der Waals surface area contributed by atoms with Crippen LogP contribution in [0.25, 0.3) is 11.6 Å². The molecule has 0 aliphatic rings. The number of methoxy groups -OCH3 is 1. The molecule has 2 aromatic rings. The molecule has 0 N–H and O–H groups in total. The van der Waals surface area contributed by atoms with Crippen molar-refractivity contribution in [2.45, 2.75) is 13.8 Å². The van der Waals surface area contributed by atoms with E-state index in [2.05, 4.69) is 11.1 Å². The van der Waals surface area contributed by atoms with Crippen molar-refractivity contribution in [3.63, 3.8) is 0 Å². The first-order valence-corrected chi connectivity index (χ1v) is 7.41. The summed E-state index contributed by atoms with van der Waals surface area (Å²) in [5.74, 6) is 1.35. The summed E-state index contributed by atoms with van der Waals surface area (Å²) in [6, 6.07) is 7.78. The zero-order valence-corrected chi connectivity index (χ0v) is 13.0. The van der Waals surface area contributed by atoms with E-state index >= 15 is 0 Å². The normalized spacial score (nSPS) is 11.0. The van der Waals surface area contributed by atoms with E-state index in [0.29, 0.717) is 23.7 Å². The maximum Gasteiger partial charge on any atom is 0.161 e. The van der Waals surface area contributed by atoms with E-state index in [9.17, 15) is 5.26 Å². The number of aryl methyl sites for hydroxylation is 1. The van der Waals surface area contributed by atoms with E-state index in [1.54, 1.807) is 13.2 Å². The summed E-state index contributed by atoms with van der Waals surface area (Å²) in [5.41, 5.74) is 2.34. The Bertz CT molecular complexity index is 699. The Morgan fingerprint density at radius 2 is 2.24 bits per heavy atom. The smallest absolute Gasteiger partial charge is 0.161 e. The minimum absolute atomic E-state index is 0.542. The average molecular weight is 300 g/mol. The number of ether oxygens (including phenoxy) is 2. The number of rotatable bonds is 5. The average Bonchev–Trinajstić information content (AvgIpc) is 2.92. The van der Waals surface area contributed by atoms with E-state index in [0.717, 1.165) is 16.3 Å². The molecule has 0 saturated heterocycles. The Hall–Kier alpha value is -2.32. The Morgan fingerprint density at radius 3 is 2.81 bits per heavy atom. The summed E-state index contributed by atoms with van der Waals surface area (Å²) in [6.07, 6.45) is 1.81. The van der Waals surface area contributed by atoms with Gasteiger partial charge in [0.25, 0.3) is 0 Å². The third kappa shape index (κ3) is 3.61. The van der Waals surface area contributed by atoms with Gasteiger partial charge in [-0.05, 0) is 37.6 Å². The number of hydrogen-bond acceptors (Lipinski definition) is 5. The molecule has 0 saturated carbocycles.